The lowest BCUT2D eigenvalue weighted by atomic mass is 10.1. The van der Waals surface area contributed by atoms with Crippen molar-refractivity contribution in [1.29, 1.82) is 0 Å². The van der Waals surface area contributed by atoms with Gasteiger partial charge in [-0.05, 0) is 49.1 Å². The predicted molar refractivity (Wildman–Crippen MR) is 104 cm³/mol. The summed E-state index contributed by atoms with van der Waals surface area (Å²) in [6.45, 7) is 2.34. The smallest absolute Gasteiger partial charge is 0.240 e. The van der Waals surface area contributed by atoms with Crippen LogP contribution in [0, 0.1) is 12.8 Å². The topological polar surface area (TPSA) is 75.3 Å². The van der Waals surface area contributed by atoms with Crippen molar-refractivity contribution in [1.82, 2.24) is 10.0 Å². The van der Waals surface area contributed by atoms with Gasteiger partial charge in [-0.2, -0.15) is 0 Å². The van der Waals surface area contributed by atoms with Gasteiger partial charge in [-0.15, -0.1) is 0 Å². The molecule has 26 heavy (non-hydrogen) atoms. The Kier molecular flexibility index (Phi) is 5.79. The summed E-state index contributed by atoms with van der Waals surface area (Å²) in [7, 11) is -3.54. The third-order valence-electron chi connectivity index (χ3n) is 4.47. The molecule has 1 amide bonds. The van der Waals surface area contributed by atoms with Gasteiger partial charge in [-0.3, -0.25) is 4.79 Å². The van der Waals surface area contributed by atoms with E-state index in [1.54, 1.807) is 24.3 Å². The molecule has 1 aliphatic rings. The van der Waals surface area contributed by atoms with E-state index in [4.69, 9.17) is 0 Å². The van der Waals surface area contributed by atoms with Crippen LogP contribution in [0.4, 0.5) is 0 Å². The summed E-state index contributed by atoms with van der Waals surface area (Å²) in [4.78, 5) is 12.4. The predicted octanol–water partition coefficient (Wildman–Crippen LogP) is 2.96. The van der Waals surface area contributed by atoms with Gasteiger partial charge in [0.1, 0.15) is 0 Å². The van der Waals surface area contributed by atoms with Crippen molar-refractivity contribution in [2.24, 2.45) is 5.92 Å². The van der Waals surface area contributed by atoms with Gasteiger partial charge >= 0.3 is 0 Å². The van der Waals surface area contributed by atoms with E-state index in [1.807, 2.05) is 31.2 Å². The second-order valence-electron chi connectivity index (χ2n) is 6.50. The Morgan fingerprint density at radius 2 is 1.73 bits per heavy atom. The molecular weight excluding hydrogens is 416 g/mol. The van der Waals surface area contributed by atoms with Gasteiger partial charge in [0.15, 0.2) is 0 Å². The molecule has 0 heterocycles. The molecule has 5 nitrogen and oxygen atoms in total. The van der Waals surface area contributed by atoms with Gasteiger partial charge in [0.25, 0.3) is 0 Å². The van der Waals surface area contributed by atoms with Gasteiger partial charge in [0.2, 0.25) is 15.9 Å². The molecule has 138 valence electrons. The first-order valence-corrected chi connectivity index (χ1v) is 10.7. The lowest BCUT2D eigenvalue weighted by molar-refractivity contribution is -0.122. The van der Waals surface area contributed by atoms with Gasteiger partial charge in [0, 0.05) is 23.5 Å². The fourth-order valence-electron chi connectivity index (χ4n) is 2.87. The molecule has 0 radical (unpaired) electrons. The normalized spacial score (nSPS) is 19.2. The number of rotatable bonds is 7. The zero-order valence-electron chi connectivity index (χ0n) is 14.4. The van der Waals surface area contributed by atoms with Crippen molar-refractivity contribution >= 4 is 31.9 Å². The number of hydrogen-bond donors (Lipinski definition) is 2. The summed E-state index contributed by atoms with van der Waals surface area (Å²) in [5, 5.41) is 2.81. The van der Waals surface area contributed by atoms with E-state index in [9.17, 15) is 13.2 Å². The molecule has 1 fully saturated rings. The van der Waals surface area contributed by atoms with Crippen molar-refractivity contribution in [2.75, 3.05) is 13.1 Å². The van der Waals surface area contributed by atoms with Crippen LogP contribution in [0.5, 0.6) is 0 Å². The molecule has 1 saturated carbocycles. The van der Waals surface area contributed by atoms with E-state index in [2.05, 4.69) is 26.0 Å². The summed E-state index contributed by atoms with van der Waals surface area (Å²) in [5.74, 6) is 0.213. The highest BCUT2D eigenvalue weighted by molar-refractivity contribution is 9.10. The first-order valence-electron chi connectivity index (χ1n) is 8.46. The molecule has 0 aromatic heterocycles. The maximum absolute atomic E-state index is 12.2. The number of halogens is 1. The minimum Gasteiger partial charge on any atom is -0.355 e. The van der Waals surface area contributed by atoms with Crippen LogP contribution in [0.15, 0.2) is 57.9 Å². The van der Waals surface area contributed by atoms with Crippen LogP contribution in [0.2, 0.25) is 0 Å². The number of hydrogen-bond acceptors (Lipinski definition) is 3. The number of benzene rings is 2. The number of sulfonamides is 1. The zero-order chi connectivity index (χ0) is 18.7. The monoisotopic (exact) mass is 436 g/mol. The summed E-state index contributed by atoms with van der Waals surface area (Å²) in [6, 6.07) is 14.7. The molecule has 2 N–H and O–H groups in total. The second-order valence-corrected chi connectivity index (χ2v) is 9.18. The molecule has 2 unspecified atom stereocenters. The second kappa shape index (κ2) is 7.90. The average molecular weight is 437 g/mol. The molecule has 0 aliphatic heterocycles. The minimum atomic E-state index is -3.54. The molecule has 2 aromatic carbocycles. The van der Waals surface area contributed by atoms with E-state index in [0.717, 1.165) is 22.0 Å². The average Bonchev–Trinajstić information content (AvgIpc) is 3.40. The SMILES string of the molecule is Cc1ccc(S(=O)(=O)NCCNC(=O)C2CC2c2ccc(Br)cc2)cc1. The van der Waals surface area contributed by atoms with E-state index >= 15 is 0 Å². The van der Waals surface area contributed by atoms with Gasteiger partial charge in [-0.25, -0.2) is 13.1 Å². The van der Waals surface area contributed by atoms with Crippen LogP contribution in [0.25, 0.3) is 0 Å². The van der Waals surface area contributed by atoms with Crippen LogP contribution in [-0.4, -0.2) is 27.4 Å². The van der Waals surface area contributed by atoms with Crippen molar-refractivity contribution in [3.8, 4) is 0 Å². The minimum absolute atomic E-state index is 0.0209. The number of carbonyl (C=O) groups is 1. The van der Waals surface area contributed by atoms with Crippen LogP contribution < -0.4 is 10.0 Å². The van der Waals surface area contributed by atoms with Crippen molar-refractivity contribution < 1.29 is 13.2 Å². The summed E-state index contributed by atoms with van der Waals surface area (Å²) >= 11 is 3.40. The Morgan fingerprint density at radius 1 is 1.08 bits per heavy atom. The lowest BCUT2D eigenvalue weighted by Crippen LogP contribution is -2.35. The largest absolute Gasteiger partial charge is 0.355 e. The number of aryl methyl sites for hydroxylation is 1. The molecule has 7 heteroatoms. The van der Waals surface area contributed by atoms with Crippen molar-refractivity contribution in [3.63, 3.8) is 0 Å². The van der Waals surface area contributed by atoms with Gasteiger partial charge in [0.05, 0.1) is 4.90 Å². The fourth-order valence-corrected chi connectivity index (χ4v) is 4.16. The highest BCUT2D eigenvalue weighted by atomic mass is 79.9. The lowest BCUT2D eigenvalue weighted by Gasteiger charge is -2.08. The Balaban J connectivity index is 1.43. The van der Waals surface area contributed by atoms with Gasteiger partial charge < -0.3 is 5.32 Å². The molecule has 2 atom stereocenters. The Bertz CT molecular complexity index is 880. The standard InChI is InChI=1S/C19H21BrN2O3S/c1-13-2-8-16(9-3-13)26(24,25)22-11-10-21-19(23)18-12-17(18)14-4-6-15(20)7-5-14/h2-9,17-18,22H,10-12H2,1H3,(H,21,23). The van der Waals surface area contributed by atoms with Crippen LogP contribution in [-0.2, 0) is 14.8 Å². The van der Waals surface area contributed by atoms with E-state index in [1.165, 1.54) is 0 Å². The third-order valence-corrected chi connectivity index (χ3v) is 6.48. The summed E-state index contributed by atoms with van der Waals surface area (Å²) in [5.41, 5.74) is 2.16. The first kappa shape index (κ1) is 19.1. The highest BCUT2D eigenvalue weighted by Gasteiger charge is 2.43. The maximum atomic E-state index is 12.2. The molecule has 0 saturated heterocycles. The Labute approximate surface area is 162 Å². The Morgan fingerprint density at radius 3 is 2.38 bits per heavy atom. The van der Waals surface area contributed by atoms with E-state index < -0.39 is 10.0 Å². The summed E-state index contributed by atoms with van der Waals surface area (Å²) < 4.78 is 27.9. The van der Waals surface area contributed by atoms with E-state index in [-0.39, 0.29) is 35.7 Å². The van der Waals surface area contributed by atoms with Crippen LogP contribution in [0.3, 0.4) is 0 Å². The van der Waals surface area contributed by atoms with Crippen molar-refractivity contribution in [2.45, 2.75) is 24.2 Å². The third kappa shape index (κ3) is 4.72. The Hall–Kier alpha value is -1.70. The zero-order valence-corrected chi connectivity index (χ0v) is 16.8. The molecule has 1 aliphatic carbocycles. The molecule has 0 bridgehead atoms. The van der Waals surface area contributed by atoms with Crippen molar-refractivity contribution in [3.05, 3.63) is 64.1 Å². The first-order chi connectivity index (χ1) is 12.4. The van der Waals surface area contributed by atoms with Crippen LogP contribution in [0.1, 0.15) is 23.5 Å². The molecule has 3 rings (SSSR count). The number of carbonyl (C=O) groups excluding carboxylic acids is 1. The quantitative estimate of drug-likeness (QED) is 0.655. The van der Waals surface area contributed by atoms with Gasteiger partial charge in [-0.1, -0.05) is 45.8 Å². The number of nitrogens with one attached hydrogen (secondary N) is 2. The highest BCUT2D eigenvalue weighted by Crippen LogP contribution is 2.47. The molecular formula is C19H21BrN2O3S. The molecule has 2 aromatic rings. The van der Waals surface area contributed by atoms with Crippen LogP contribution >= 0.6 is 15.9 Å². The summed E-state index contributed by atoms with van der Waals surface area (Å²) in [6.07, 6.45) is 0.836. The van der Waals surface area contributed by atoms with E-state index in [0.29, 0.717) is 0 Å². The fraction of sp³-hybridized carbons (Fsp3) is 0.316. The maximum Gasteiger partial charge on any atom is 0.240 e. The molecule has 0 spiro atoms. The number of amides is 1.